The maximum Gasteiger partial charge on any atom is 0.185 e. The Hall–Kier alpha value is -2.36. The van der Waals surface area contributed by atoms with Crippen LogP contribution in [-0.2, 0) is 0 Å². The van der Waals surface area contributed by atoms with Crippen molar-refractivity contribution in [3.63, 3.8) is 0 Å². The zero-order valence-electron chi connectivity index (χ0n) is 10.4. The van der Waals surface area contributed by atoms with Crippen molar-refractivity contribution in [2.24, 2.45) is 0 Å². The Labute approximate surface area is 106 Å². The van der Waals surface area contributed by atoms with E-state index in [1.54, 1.807) is 7.11 Å². The summed E-state index contributed by atoms with van der Waals surface area (Å²) < 4.78 is 10.5. The minimum Gasteiger partial charge on any atom is -0.493 e. The molecule has 4 heteroatoms. The standard InChI is InChI=1S/C14H16N2O2/c1-17-11-8-10(9-6-4-3-5-7-9)12(15)13(16)14(11)18-2/h3-8H,15-16H2,1-2H3. The van der Waals surface area contributed by atoms with Crippen LogP contribution < -0.4 is 20.9 Å². The number of methoxy groups -OCH3 is 2. The molecule has 0 fully saturated rings. The van der Waals surface area contributed by atoms with E-state index in [4.69, 9.17) is 20.9 Å². The van der Waals surface area contributed by atoms with E-state index in [9.17, 15) is 0 Å². The quantitative estimate of drug-likeness (QED) is 0.814. The van der Waals surface area contributed by atoms with E-state index in [1.165, 1.54) is 7.11 Å². The van der Waals surface area contributed by atoms with E-state index in [-0.39, 0.29) is 0 Å². The largest absolute Gasteiger partial charge is 0.493 e. The Morgan fingerprint density at radius 1 is 0.889 bits per heavy atom. The molecule has 94 valence electrons. The fourth-order valence-electron chi connectivity index (χ4n) is 1.89. The van der Waals surface area contributed by atoms with Crippen molar-refractivity contribution in [1.82, 2.24) is 0 Å². The summed E-state index contributed by atoms with van der Waals surface area (Å²) in [5.74, 6) is 1.04. The first-order chi connectivity index (χ1) is 8.69. The van der Waals surface area contributed by atoms with Crippen molar-refractivity contribution in [2.75, 3.05) is 25.7 Å². The van der Waals surface area contributed by atoms with Crippen LogP contribution in [0.3, 0.4) is 0 Å². The van der Waals surface area contributed by atoms with Crippen LogP contribution in [0, 0.1) is 0 Å². The molecule has 2 aromatic rings. The molecule has 0 aliphatic heterocycles. The van der Waals surface area contributed by atoms with E-state index in [2.05, 4.69) is 0 Å². The summed E-state index contributed by atoms with van der Waals surface area (Å²) in [6.07, 6.45) is 0. The topological polar surface area (TPSA) is 70.5 Å². The summed E-state index contributed by atoms with van der Waals surface area (Å²) in [5, 5.41) is 0. The van der Waals surface area contributed by atoms with Crippen molar-refractivity contribution in [1.29, 1.82) is 0 Å². The highest BCUT2D eigenvalue weighted by Crippen LogP contribution is 2.43. The Balaban J connectivity index is 2.66. The van der Waals surface area contributed by atoms with Gasteiger partial charge in [-0.25, -0.2) is 0 Å². The van der Waals surface area contributed by atoms with Gasteiger partial charge in [0.25, 0.3) is 0 Å². The van der Waals surface area contributed by atoms with E-state index in [1.807, 2.05) is 36.4 Å². The number of anilines is 2. The Morgan fingerprint density at radius 2 is 1.56 bits per heavy atom. The van der Waals surface area contributed by atoms with Crippen LogP contribution in [0.25, 0.3) is 11.1 Å². The van der Waals surface area contributed by atoms with E-state index < -0.39 is 0 Å². The molecule has 2 rings (SSSR count). The number of ether oxygens (including phenoxy) is 2. The van der Waals surface area contributed by atoms with Crippen molar-refractivity contribution in [3.8, 4) is 22.6 Å². The van der Waals surface area contributed by atoms with Crippen LogP contribution in [0.5, 0.6) is 11.5 Å². The third-order valence-electron chi connectivity index (χ3n) is 2.83. The molecule has 0 spiro atoms. The molecule has 0 saturated carbocycles. The molecule has 0 radical (unpaired) electrons. The van der Waals surface area contributed by atoms with Gasteiger partial charge in [-0.3, -0.25) is 0 Å². The summed E-state index contributed by atoms with van der Waals surface area (Å²) in [7, 11) is 3.11. The Kier molecular flexibility index (Phi) is 3.28. The smallest absolute Gasteiger partial charge is 0.185 e. The second kappa shape index (κ2) is 4.87. The van der Waals surface area contributed by atoms with Crippen LogP contribution in [-0.4, -0.2) is 14.2 Å². The normalized spacial score (nSPS) is 10.1. The van der Waals surface area contributed by atoms with Crippen LogP contribution in [0.1, 0.15) is 0 Å². The first-order valence-corrected chi connectivity index (χ1v) is 5.54. The highest BCUT2D eigenvalue weighted by atomic mass is 16.5. The van der Waals surface area contributed by atoms with E-state index in [0.29, 0.717) is 22.9 Å². The fourth-order valence-corrected chi connectivity index (χ4v) is 1.89. The summed E-state index contributed by atoms with van der Waals surface area (Å²) in [5.41, 5.74) is 14.8. The van der Waals surface area contributed by atoms with Crippen LogP contribution in [0.2, 0.25) is 0 Å². The number of rotatable bonds is 3. The molecule has 0 heterocycles. The third-order valence-corrected chi connectivity index (χ3v) is 2.83. The van der Waals surface area contributed by atoms with Crippen molar-refractivity contribution in [2.45, 2.75) is 0 Å². The van der Waals surface area contributed by atoms with Crippen LogP contribution in [0.4, 0.5) is 11.4 Å². The summed E-state index contributed by atoms with van der Waals surface area (Å²) in [6, 6.07) is 11.6. The lowest BCUT2D eigenvalue weighted by Gasteiger charge is -2.16. The zero-order valence-corrected chi connectivity index (χ0v) is 10.4. The summed E-state index contributed by atoms with van der Waals surface area (Å²) in [6.45, 7) is 0. The summed E-state index contributed by atoms with van der Waals surface area (Å²) >= 11 is 0. The average Bonchev–Trinajstić information content (AvgIpc) is 2.42. The second-order valence-corrected chi connectivity index (χ2v) is 3.85. The van der Waals surface area contributed by atoms with Gasteiger partial charge in [-0.15, -0.1) is 0 Å². The average molecular weight is 244 g/mol. The molecule has 4 nitrogen and oxygen atoms in total. The Bertz CT molecular complexity index is 553. The van der Waals surface area contributed by atoms with Gasteiger partial charge < -0.3 is 20.9 Å². The summed E-state index contributed by atoms with van der Waals surface area (Å²) in [4.78, 5) is 0. The molecule has 0 aliphatic rings. The number of nitrogen functional groups attached to an aromatic ring is 2. The molecule has 0 aromatic heterocycles. The lowest BCUT2D eigenvalue weighted by Crippen LogP contribution is -2.02. The second-order valence-electron chi connectivity index (χ2n) is 3.85. The maximum atomic E-state index is 6.05. The third kappa shape index (κ3) is 1.93. The molecule has 0 unspecified atom stereocenters. The highest BCUT2D eigenvalue weighted by molar-refractivity contribution is 5.90. The molecular formula is C14H16N2O2. The minimum atomic E-state index is 0.399. The van der Waals surface area contributed by atoms with Crippen molar-refractivity contribution < 1.29 is 9.47 Å². The van der Waals surface area contributed by atoms with Gasteiger partial charge in [0, 0.05) is 5.56 Å². The molecule has 0 atom stereocenters. The van der Waals surface area contributed by atoms with Crippen molar-refractivity contribution in [3.05, 3.63) is 36.4 Å². The Morgan fingerprint density at radius 3 is 2.11 bits per heavy atom. The first-order valence-electron chi connectivity index (χ1n) is 5.54. The monoisotopic (exact) mass is 244 g/mol. The molecule has 4 N–H and O–H groups in total. The molecule has 0 aliphatic carbocycles. The number of nitrogens with two attached hydrogens (primary N) is 2. The lowest BCUT2D eigenvalue weighted by molar-refractivity contribution is 0.357. The SMILES string of the molecule is COc1cc(-c2ccccc2)c(N)c(N)c1OC. The van der Waals surface area contributed by atoms with Gasteiger partial charge in [0.05, 0.1) is 19.9 Å². The van der Waals surface area contributed by atoms with Crippen LogP contribution in [0.15, 0.2) is 36.4 Å². The van der Waals surface area contributed by atoms with E-state index in [0.717, 1.165) is 11.1 Å². The van der Waals surface area contributed by atoms with Gasteiger partial charge >= 0.3 is 0 Å². The van der Waals surface area contributed by atoms with Gasteiger partial charge in [-0.05, 0) is 11.6 Å². The molecule has 0 saturated heterocycles. The number of benzene rings is 2. The molecule has 18 heavy (non-hydrogen) atoms. The molecular weight excluding hydrogens is 228 g/mol. The molecule has 0 amide bonds. The fraction of sp³-hybridized carbons (Fsp3) is 0.143. The predicted octanol–water partition coefficient (Wildman–Crippen LogP) is 2.54. The van der Waals surface area contributed by atoms with Crippen molar-refractivity contribution >= 4 is 11.4 Å². The number of hydrogen-bond acceptors (Lipinski definition) is 4. The highest BCUT2D eigenvalue weighted by Gasteiger charge is 2.16. The minimum absolute atomic E-state index is 0.399. The maximum absolute atomic E-state index is 6.05. The van der Waals surface area contributed by atoms with Gasteiger partial charge in [0.15, 0.2) is 11.5 Å². The molecule has 0 bridgehead atoms. The van der Waals surface area contributed by atoms with Gasteiger partial charge in [0.1, 0.15) is 5.69 Å². The molecule has 2 aromatic carbocycles. The first kappa shape index (κ1) is 12.1. The van der Waals surface area contributed by atoms with E-state index >= 15 is 0 Å². The van der Waals surface area contributed by atoms with Gasteiger partial charge in [0.2, 0.25) is 0 Å². The van der Waals surface area contributed by atoms with Crippen LogP contribution >= 0.6 is 0 Å². The zero-order chi connectivity index (χ0) is 13.1. The number of hydrogen-bond donors (Lipinski definition) is 2. The van der Waals surface area contributed by atoms with Gasteiger partial charge in [-0.2, -0.15) is 0 Å². The lowest BCUT2D eigenvalue weighted by atomic mass is 10.0. The van der Waals surface area contributed by atoms with Gasteiger partial charge in [-0.1, -0.05) is 30.3 Å². The predicted molar refractivity (Wildman–Crippen MR) is 73.8 cm³/mol.